The molecule has 2 rings (SSSR count). The third-order valence-corrected chi connectivity index (χ3v) is 4.94. The van der Waals surface area contributed by atoms with Gasteiger partial charge in [-0.05, 0) is 11.6 Å². The zero-order valence-electron chi connectivity index (χ0n) is 11.8. The molecule has 0 spiro atoms. The Kier molecular flexibility index (Phi) is 5.32. The number of hydrogen-bond donors (Lipinski definition) is 3. The summed E-state index contributed by atoms with van der Waals surface area (Å²) in [6, 6.07) is 11.5. The van der Waals surface area contributed by atoms with E-state index in [-0.39, 0.29) is 17.1 Å². The highest BCUT2D eigenvalue weighted by molar-refractivity contribution is 9.10. The topological polar surface area (TPSA) is 129 Å². The standard InChI is InChI=1S/C15H12BrN5OS/c16-11-4-2-1-3-8(11)13-9(5-17)14(20)21-15(10(13)6-18)23-7-12(19)22/h1-4,13,21H,7,20H2,(H2,19,22). The number of carbonyl (C=O) groups is 1. The second-order valence-electron chi connectivity index (χ2n) is 4.63. The zero-order chi connectivity index (χ0) is 17.0. The van der Waals surface area contributed by atoms with E-state index in [1.54, 1.807) is 0 Å². The number of dihydropyridines is 1. The third-order valence-electron chi connectivity index (χ3n) is 3.18. The fourth-order valence-corrected chi connectivity index (χ4v) is 3.51. The lowest BCUT2D eigenvalue weighted by atomic mass is 9.84. The van der Waals surface area contributed by atoms with E-state index in [4.69, 9.17) is 11.5 Å². The molecule has 0 bridgehead atoms. The summed E-state index contributed by atoms with van der Waals surface area (Å²) in [5, 5.41) is 22.3. The molecule has 1 unspecified atom stereocenters. The number of amides is 1. The number of thioether (sulfide) groups is 1. The zero-order valence-corrected chi connectivity index (χ0v) is 14.2. The average Bonchev–Trinajstić information content (AvgIpc) is 2.52. The summed E-state index contributed by atoms with van der Waals surface area (Å²) in [5.74, 6) is -0.935. The molecule has 1 amide bonds. The molecule has 0 aliphatic carbocycles. The van der Waals surface area contributed by atoms with E-state index < -0.39 is 11.8 Å². The van der Waals surface area contributed by atoms with E-state index >= 15 is 0 Å². The van der Waals surface area contributed by atoms with Crippen LogP contribution in [0.1, 0.15) is 11.5 Å². The average molecular weight is 390 g/mol. The fraction of sp³-hybridized carbons (Fsp3) is 0.133. The van der Waals surface area contributed by atoms with Crippen molar-refractivity contribution in [2.45, 2.75) is 5.92 Å². The second-order valence-corrected chi connectivity index (χ2v) is 6.47. The molecule has 116 valence electrons. The van der Waals surface area contributed by atoms with Gasteiger partial charge in [-0.15, -0.1) is 0 Å². The van der Waals surface area contributed by atoms with E-state index in [0.717, 1.165) is 21.8 Å². The van der Waals surface area contributed by atoms with E-state index in [2.05, 4.69) is 33.4 Å². The van der Waals surface area contributed by atoms with E-state index in [0.29, 0.717) is 10.6 Å². The summed E-state index contributed by atoms with van der Waals surface area (Å²) in [6.07, 6.45) is 0. The normalized spacial score (nSPS) is 17.3. The lowest BCUT2D eigenvalue weighted by molar-refractivity contribution is -0.115. The number of nitrogens with two attached hydrogens (primary N) is 2. The number of nitrogens with zero attached hydrogens (tertiary/aromatic N) is 2. The molecule has 1 aliphatic heterocycles. The molecule has 8 heteroatoms. The molecule has 1 aromatic rings. The van der Waals surface area contributed by atoms with Crippen LogP contribution in [0.5, 0.6) is 0 Å². The molecule has 1 aromatic carbocycles. The Bertz CT molecular complexity index is 803. The highest BCUT2D eigenvalue weighted by atomic mass is 79.9. The maximum Gasteiger partial charge on any atom is 0.227 e. The Morgan fingerprint density at radius 1 is 1.30 bits per heavy atom. The molecule has 0 saturated carbocycles. The number of nitriles is 2. The van der Waals surface area contributed by atoms with Crippen LogP contribution in [-0.2, 0) is 4.79 Å². The minimum absolute atomic E-state index is 0.00532. The van der Waals surface area contributed by atoms with Gasteiger partial charge in [-0.25, -0.2) is 0 Å². The van der Waals surface area contributed by atoms with Gasteiger partial charge in [0.15, 0.2) is 0 Å². The van der Waals surface area contributed by atoms with Gasteiger partial charge >= 0.3 is 0 Å². The Balaban J connectivity index is 2.59. The van der Waals surface area contributed by atoms with E-state index in [1.807, 2.05) is 24.3 Å². The summed E-state index contributed by atoms with van der Waals surface area (Å²) in [4.78, 5) is 11.0. The largest absolute Gasteiger partial charge is 0.384 e. The van der Waals surface area contributed by atoms with Crippen LogP contribution in [0.2, 0.25) is 0 Å². The Morgan fingerprint density at radius 3 is 2.52 bits per heavy atom. The second kappa shape index (κ2) is 7.23. The van der Waals surface area contributed by atoms with Crippen molar-refractivity contribution in [3.8, 4) is 12.1 Å². The maximum atomic E-state index is 11.0. The Labute approximate surface area is 145 Å². The van der Waals surface area contributed by atoms with Gasteiger partial charge in [0.1, 0.15) is 5.82 Å². The number of allylic oxidation sites excluding steroid dienone is 2. The molecule has 1 atom stereocenters. The number of primary amides is 1. The van der Waals surface area contributed by atoms with Crippen molar-refractivity contribution in [1.29, 1.82) is 10.5 Å². The number of halogens is 1. The van der Waals surface area contributed by atoms with Gasteiger partial charge in [0.25, 0.3) is 0 Å². The van der Waals surface area contributed by atoms with Crippen molar-refractivity contribution in [3.05, 3.63) is 56.3 Å². The smallest absolute Gasteiger partial charge is 0.227 e. The van der Waals surface area contributed by atoms with Crippen LogP contribution in [-0.4, -0.2) is 11.7 Å². The molecular weight excluding hydrogens is 378 g/mol. The highest BCUT2D eigenvalue weighted by Crippen LogP contribution is 2.41. The lowest BCUT2D eigenvalue weighted by Crippen LogP contribution is -2.30. The summed E-state index contributed by atoms with van der Waals surface area (Å²) in [6.45, 7) is 0. The van der Waals surface area contributed by atoms with Crippen LogP contribution in [0, 0.1) is 22.7 Å². The molecule has 0 fully saturated rings. The van der Waals surface area contributed by atoms with Crippen molar-refractivity contribution >= 4 is 33.6 Å². The first-order chi connectivity index (χ1) is 11.0. The van der Waals surface area contributed by atoms with Gasteiger partial charge in [0.05, 0.1) is 40.0 Å². The number of hydrogen-bond acceptors (Lipinski definition) is 6. The van der Waals surface area contributed by atoms with E-state index in [1.165, 1.54) is 0 Å². The van der Waals surface area contributed by atoms with Crippen molar-refractivity contribution in [2.24, 2.45) is 11.5 Å². The summed E-state index contributed by atoms with van der Waals surface area (Å²) in [7, 11) is 0. The van der Waals surface area contributed by atoms with Gasteiger partial charge in [-0.2, -0.15) is 10.5 Å². The predicted octanol–water partition coefficient (Wildman–Crippen LogP) is 1.78. The van der Waals surface area contributed by atoms with E-state index in [9.17, 15) is 15.3 Å². The number of benzene rings is 1. The first kappa shape index (κ1) is 16.9. The minimum atomic E-state index is -0.600. The molecule has 5 N–H and O–H groups in total. The predicted molar refractivity (Wildman–Crippen MR) is 91.1 cm³/mol. The monoisotopic (exact) mass is 389 g/mol. The SMILES string of the molecule is N#CC1=C(N)NC(SCC(N)=O)=C(C#N)C1c1ccccc1Br. The number of rotatable bonds is 4. The van der Waals surface area contributed by atoms with Crippen molar-refractivity contribution < 1.29 is 4.79 Å². The molecular formula is C15H12BrN5OS. The third kappa shape index (κ3) is 3.50. The molecule has 23 heavy (non-hydrogen) atoms. The summed E-state index contributed by atoms with van der Waals surface area (Å²) in [5.41, 5.74) is 12.4. The van der Waals surface area contributed by atoms with Crippen LogP contribution in [0.25, 0.3) is 0 Å². The van der Waals surface area contributed by atoms with Gasteiger partial charge < -0.3 is 16.8 Å². The molecule has 1 aliphatic rings. The minimum Gasteiger partial charge on any atom is -0.384 e. The van der Waals surface area contributed by atoms with Crippen LogP contribution in [0.3, 0.4) is 0 Å². The summed E-state index contributed by atoms with van der Waals surface area (Å²) >= 11 is 4.53. The fourth-order valence-electron chi connectivity index (χ4n) is 2.21. The Hall–Kier alpha value is -2.42. The number of nitrogens with one attached hydrogen (secondary N) is 1. The van der Waals surface area contributed by atoms with Crippen molar-refractivity contribution in [3.63, 3.8) is 0 Å². The van der Waals surface area contributed by atoms with Crippen molar-refractivity contribution in [1.82, 2.24) is 5.32 Å². The van der Waals surface area contributed by atoms with Crippen LogP contribution in [0.4, 0.5) is 0 Å². The molecule has 6 nitrogen and oxygen atoms in total. The van der Waals surface area contributed by atoms with Gasteiger partial charge in [0, 0.05) is 4.47 Å². The number of carbonyl (C=O) groups excluding carboxylic acids is 1. The lowest BCUT2D eigenvalue weighted by Gasteiger charge is -2.27. The van der Waals surface area contributed by atoms with Crippen LogP contribution in [0.15, 0.2) is 50.7 Å². The summed E-state index contributed by atoms with van der Waals surface area (Å²) < 4.78 is 0.763. The van der Waals surface area contributed by atoms with Gasteiger partial charge in [-0.1, -0.05) is 45.9 Å². The first-order valence-corrected chi connectivity index (χ1v) is 8.24. The molecule has 0 saturated heterocycles. The van der Waals surface area contributed by atoms with Gasteiger partial charge in [0.2, 0.25) is 5.91 Å². The first-order valence-electron chi connectivity index (χ1n) is 6.46. The van der Waals surface area contributed by atoms with Crippen LogP contribution < -0.4 is 16.8 Å². The Morgan fingerprint density at radius 2 is 1.96 bits per heavy atom. The quantitative estimate of drug-likeness (QED) is 0.719. The van der Waals surface area contributed by atoms with Crippen LogP contribution >= 0.6 is 27.7 Å². The molecule has 0 aromatic heterocycles. The molecule has 0 radical (unpaired) electrons. The van der Waals surface area contributed by atoms with Crippen molar-refractivity contribution in [2.75, 3.05) is 5.75 Å². The maximum absolute atomic E-state index is 11.0. The molecule has 1 heterocycles. The van der Waals surface area contributed by atoms with Gasteiger partial charge in [-0.3, -0.25) is 4.79 Å². The highest BCUT2D eigenvalue weighted by Gasteiger charge is 2.32.